The van der Waals surface area contributed by atoms with Gasteiger partial charge in [0, 0.05) is 23.2 Å². The monoisotopic (exact) mass is 295 g/mol. The molecule has 1 unspecified atom stereocenters. The molecule has 1 aromatic carbocycles. The lowest BCUT2D eigenvalue weighted by molar-refractivity contribution is 0.848. The van der Waals surface area contributed by atoms with Crippen LogP contribution in [0.4, 0.5) is 0 Å². The maximum absolute atomic E-state index is 4.68. The lowest BCUT2D eigenvalue weighted by Crippen LogP contribution is -1.99. The number of rotatable bonds is 2. The third kappa shape index (κ3) is 3.06. The quantitative estimate of drug-likeness (QED) is 0.778. The van der Waals surface area contributed by atoms with Crippen LogP contribution >= 0.6 is 24.8 Å². The molecule has 0 saturated heterocycles. The Morgan fingerprint density at radius 3 is 2.53 bits per heavy atom. The maximum Gasteiger partial charge on any atom is 0.0923 e. The van der Waals surface area contributed by atoms with Crippen LogP contribution in [0.25, 0.3) is 10.9 Å². The zero-order valence-corrected chi connectivity index (χ0v) is 12.0. The second-order valence-electron chi connectivity index (χ2n) is 4.14. The summed E-state index contributed by atoms with van der Waals surface area (Å²) in [5.41, 5.74) is 3.11. The molecule has 100 valence electrons. The van der Waals surface area contributed by atoms with E-state index in [1.165, 1.54) is 5.39 Å². The lowest BCUT2D eigenvalue weighted by Gasteiger charge is -2.08. The Balaban J connectivity index is 0.000000902. The average molecular weight is 296 g/mol. The summed E-state index contributed by atoms with van der Waals surface area (Å²) in [5, 5.41) is 1.17. The van der Waals surface area contributed by atoms with Gasteiger partial charge in [-0.25, -0.2) is 4.98 Å². The molecule has 2 heterocycles. The van der Waals surface area contributed by atoms with Gasteiger partial charge < -0.3 is 4.98 Å². The fraction of sp³-hybridized carbons (Fsp3) is 0.143. The van der Waals surface area contributed by atoms with E-state index >= 15 is 0 Å². The van der Waals surface area contributed by atoms with Crippen molar-refractivity contribution in [3.63, 3.8) is 0 Å². The van der Waals surface area contributed by atoms with Crippen molar-refractivity contribution in [1.82, 2.24) is 15.0 Å². The van der Waals surface area contributed by atoms with Gasteiger partial charge in [-0.05, 0) is 12.1 Å². The molecule has 0 fully saturated rings. The molecule has 1 N–H and O–H groups in total. The third-order valence-electron chi connectivity index (χ3n) is 3.03. The van der Waals surface area contributed by atoms with Crippen LogP contribution in [0, 0.1) is 0 Å². The van der Waals surface area contributed by atoms with Crippen LogP contribution in [0.3, 0.4) is 0 Å². The summed E-state index contributed by atoms with van der Waals surface area (Å²) in [5.74, 6) is 0.214. The zero-order chi connectivity index (χ0) is 11.7. The molecule has 2 aromatic heterocycles. The molecule has 0 spiro atoms. The highest BCUT2D eigenvalue weighted by molar-refractivity contribution is 5.85. The summed E-state index contributed by atoms with van der Waals surface area (Å²) in [6.07, 6.45) is 3.62. The minimum Gasteiger partial charge on any atom is -0.351 e. The maximum atomic E-state index is 4.68. The molecular weight excluding hydrogens is 281 g/mol. The van der Waals surface area contributed by atoms with Crippen molar-refractivity contribution in [3.05, 3.63) is 60.3 Å². The van der Waals surface area contributed by atoms with Crippen molar-refractivity contribution in [1.29, 1.82) is 0 Å². The van der Waals surface area contributed by atoms with Crippen LogP contribution in [0.1, 0.15) is 24.2 Å². The number of aromatic nitrogens is 3. The number of para-hydroxylation sites is 1. The molecule has 0 aliphatic rings. The van der Waals surface area contributed by atoms with Crippen LogP contribution in [-0.4, -0.2) is 15.0 Å². The van der Waals surface area contributed by atoms with E-state index in [2.05, 4.69) is 40.1 Å². The normalized spacial score (nSPS) is 11.4. The second-order valence-corrected chi connectivity index (χ2v) is 4.14. The average Bonchev–Trinajstić information content (AvgIpc) is 2.91. The number of nitrogens with zero attached hydrogens (tertiary/aromatic N) is 2. The molecule has 5 heteroatoms. The summed E-state index contributed by atoms with van der Waals surface area (Å²) >= 11 is 0. The standard InChI is InChI=1S/C14H13N3.2ClH/c1-10(14-8-15-9-16-14)12-7-6-11-4-2-3-5-13(11)17-12;;/h2-10H,1H3,(H,15,16);2*1H. The molecule has 19 heavy (non-hydrogen) atoms. The minimum absolute atomic E-state index is 0. The summed E-state index contributed by atoms with van der Waals surface area (Å²) in [6, 6.07) is 12.3. The first kappa shape index (κ1) is 15.5. The smallest absolute Gasteiger partial charge is 0.0923 e. The minimum atomic E-state index is 0. The van der Waals surface area contributed by atoms with Gasteiger partial charge in [-0.1, -0.05) is 31.2 Å². The van der Waals surface area contributed by atoms with Gasteiger partial charge >= 0.3 is 0 Å². The van der Waals surface area contributed by atoms with Crippen LogP contribution in [0.5, 0.6) is 0 Å². The Labute approximate surface area is 124 Å². The van der Waals surface area contributed by atoms with Gasteiger partial charge in [-0.2, -0.15) is 0 Å². The van der Waals surface area contributed by atoms with Gasteiger partial charge in [-0.3, -0.25) is 4.98 Å². The highest BCUT2D eigenvalue weighted by Gasteiger charge is 2.11. The van der Waals surface area contributed by atoms with E-state index in [1.54, 1.807) is 6.33 Å². The van der Waals surface area contributed by atoms with Crippen LogP contribution < -0.4 is 0 Å². The Kier molecular flexibility index (Phi) is 5.33. The first-order chi connectivity index (χ1) is 8.34. The number of halogens is 2. The van der Waals surface area contributed by atoms with Crippen LogP contribution in [0.15, 0.2) is 48.9 Å². The molecular formula is C14H15Cl2N3. The molecule has 0 aliphatic carbocycles. The van der Waals surface area contributed by atoms with Crippen LogP contribution in [-0.2, 0) is 0 Å². The SMILES string of the molecule is CC(c1c[nH]cn1)c1ccc2ccccc2n1.Cl.Cl. The van der Waals surface area contributed by atoms with E-state index in [1.807, 2.05) is 24.4 Å². The molecule has 1 atom stereocenters. The predicted octanol–water partition coefficient (Wildman–Crippen LogP) is 3.95. The van der Waals surface area contributed by atoms with E-state index in [9.17, 15) is 0 Å². The van der Waals surface area contributed by atoms with Crippen molar-refractivity contribution >= 4 is 35.7 Å². The lowest BCUT2D eigenvalue weighted by atomic mass is 10.0. The van der Waals surface area contributed by atoms with Crippen molar-refractivity contribution < 1.29 is 0 Å². The van der Waals surface area contributed by atoms with Gasteiger partial charge in [0.25, 0.3) is 0 Å². The number of hydrogen-bond acceptors (Lipinski definition) is 2. The van der Waals surface area contributed by atoms with Gasteiger partial charge in [0.1, 0.15) is 0 Å². The first-order valence-corrected chi connectivity index (χ1v) is 5.69. The Bertz CT molecular complexity index is 638. The molecule has 0 bridgehead atoms. The second kappa shape index (κ2) is 6.55. The van der Waals surface area contributed by atoms with E-state index in [0.717, 1.165) is 16.9 Å². The molecule has 0 radical (unpaired) electrons. The van der Waals surface area contributed by atoms with Crippen molar-refractivity contribution in [2.24, 2.45) is 0 Å². The molecule has 3 nitrogen and oxygen atoms in total. The van der Waals surface area contributed by atoms with E-state index in [-0.39, 0.29) is 30.7 Å². The fourth-order valence-electron chi connectivity index (χ4n) is 1.98. The van der Waals surface area contributed by atoms with E-state index in [4.69, 9.17) is 0 Å². The van der Waals surface area contributed by atoms with Crippen molar-refractivity contribution in [2.75, 3.05) is 0 Å². The molecule has 0 saturated carbocycles. The number of H-pyrrole nitrogens is 1. The number of fused-ring (bicyclic) bond motifs is 1. The Hall–Kier alpha value is -1.58. The molecule has 0 aliphatic heterocycles. The largest absolute Gasteiger partial charge is 0.351 e. The van der Waals surface area contributed by atoms with E-state index < -0.39 is 0 Å². The number of pyridine rings is 1. The predicted molar refractivity (Wildman–Crippen MR) is 82.3 cm³/mol. The highest BCUT2D eigenvalue weighted by Crippen LogP contribution is 2.22. The Morgan fingerprint density at radius 2 is 1.79 bits per heavy atom. The summed E-state index contributed by atoms with van der Waals surface area (Å²) < 4.78 is 0. The number of aromatic amines is 1. The third-order valence-corrected chi connectivity index (χ3v) is 3.03. The Morgan fingerprint density at radius 1 is 1.00 bits per heavy atom. The number of benzene rings is 1. The van der Waals surface area contributed by atoms with Crippen LogP contribution in [0.2, 0.25) is 0 Å². The molecule has 3 aromatic rings. The first-order valence-electron chi connectivity index (χ1n) is 5.69. The zero-order valence-electron chi connectivity index (χ0n) is 10.4. The number of imidazole rings is 1. The van der Waals surface area contributed by atoms with Crippen molar-refractivity contribution in [2.45, 2.75) is 12.8 Å². The number of hydrogen-bond donors (Lipinski definition) is 1. The van der Waals surface area contributed by atoms with Gasteiger partial charge in [0.15, 0.2) is 0 Å². The topological polar surface area (TPSA) is 41.6 Å². The van der Waals surface area contributed by atoms with E-state index in [0.29, 0.717) is 0 Å². The summed E-state index contributed by atoms with van der Waals surface area (Å²) in [6.45, 7) is 2.12. The summed E-state index contributed by atoms with van der Waals surface area (Å²) in [7, 11) is 0. The fourth-order valence-corrected chi connectivity index (χ4v) is 1.98. The van der Waals surface area contributed by atoms with Gasteiger partial charge in [0.05, 0.1) is 17.5 Å². The number of nitrogens with one attached hydrogen (secondary N) is 1. The van der Waals surface area contributed by atoms with Crippen molar-refractivity contribution in [3.8, 4) is 0 Å². The molecule has 3 rings (SSSR count). The summed E-state index contributed by atoms with van der Waals surface area (Å²) in [4.78, 5) is 11.9. The van der Waals surface area contributed by atoms with Gasteiger partial charge in [0.2, 0.25) is 0 Å². The highest BCUT2D eigenvalue weighted by atomic mass is 35.5. The molecule has 0 amide bonds. The van der Waals surface area contributed by atoms with Gasteiger partial charge in [-0.15, -0.1) is 24.8 Å².